The van der Waals surface area contributed by atoms with Crippen molar-refractivity contribution in [1.82, 2.24) is 10.2 Å². The van der Waals surface area contributed by atoms with E-state index < -0.39 is 0 Å². The Morgan fingerprint density at radius 3 is 2.44 bits per heavy atom. The van der Waals surface area contributed by atoms with E-state index >= 15 is 0 Å². The van der Waals surface area contributed by atoms with Gasteiger partial charge in [0.15, 0.2) is 0 Å². The van der Waals surface area contributed by atoms with Crippen LogP contribution in [0.15, 0.2) is 36.4 Å². The second-order valence-corrected chi connectivity index (χ2v) is 4.61. The third kappa shape index (κ3) is 3.42. The zero-order valence-electron chi connectivity index (χ0n) is 10.1. The molecule has 0 amide bonds. The quantitative estimate of drug-likeness (QED) is 0.889. The summed E-state index contributed by atoms with van der Waals surface area (Å²) in [6.07, 6.45) is 0. The van der Waals surface area contributed by atoms with Gasteiger partial charge in [0.2, 0.25) is 0 Å². The fraction of sp³-hybridized carbons (Fsp3) is 0.231. The Kier molecular flexibility index (Phi) is 4.12. The largest absolute Gasteiger partial charge is 0.367 e. The Balaban J connectivity index is 2.09. The normalized spacial score (nSPS) is 12.2. The summed E-state index contributed by atoms with van der Waals surface area (Å²) >= 11 is 5.84. The van der Waals surface area contributed by atoms with Gasteiger partial charge in [-0.3, -0.25) is 0 Å². The molecule has 3 N–H and O–H groups in total. The Labute approximate surface area is 111 Å². The maximum atomic E-state index is 5.84. The van der Waals surface area contributed by atoms with Gasteiger partial charge in [0.1, 0.15) is 5.82 Å². The monoisotopic (exact) mass is 262 g/mol. The molecule has 4 nitrogen and oxygen atoms in total. The van der Waals surface area contributed by atoms with Gasteiger partial charge < -0.3 is 11.1 Å². The van der Waals surface area contributed by atoms with E-state index in [1.807, 2.05) is 43.3 Å². The molecule has 1 unspecified atom stereocenters. The molecule has 0 aliphatic carbocycles. The van der Waals surface area contributed by atoms with Gasteiger partial charge in [-0.1, -0.05) is 23.7 Å². The number of halogens is 1. The summed E-state index contributed by atoms with van der Waals surface area (Å²) in [5.41, 5.74) is 7.46. The van der Waals surface area contributed by atoms with Crippen LogP contribution in [0.4, 0.5) is 5.82 Å². The highest BCUT2D eigenvalue weighted by atomic mass is 35.5. The Bertz CT molecular complexity index is 493. The molecule has 2 rings (SSSR count). The molecule has 0 spiro atoms. The molecule has 0 radical (unpaired) electrons. The minimum absolute atomic E-state index is 0.0859. The van der Waals surface area contributed by atoms with Crippen molar-refractivity contribution in [1.29, 1.82) is 0 Å². The number of nitrogens with one attached hydrogen (secondary N) is 1. The molecule has 18 heavy (non-hydrogen) atoms. The number of nitrogens with two attached hydrogens (primary N) is 1. The first-order chi connectivity index (χ1) is 8.65. The zero-order chi connectivity index (χ0) is 13.0. The number of aromatic nitrogens is 2. The van der Waals surface area contributed by atoms with Crippen LogP contribution in [-0.4, -0.2) is 22.8 Å². The maximum absolute atomic E-state index is 5.84. The predicted octanol–water partition coefficient (Wildman–Crippen LogP) is 2.56. The molecule has 0 saturated heterocycles. The summed E-state index contributed by atoms with van der Waals surface area (Å²) in [5.74, 6) is 0.727. The molecule has 0 aliphatic rings. The summed E-state index contributed by atoms with van der Waals surface area (Å²) < 4.78 is 0. The number of nitrogens with zero attached hydrogens (tertiary/aromatic N) is 2. The smallest absolute Gasteiger partial charge is 0.148 e. The van der Waals surface area contributed by atoms with Crippen LogP contribution in [0.3, 0.4) is 0 Å². The van der Waals surface area contributed by atoms with Crippen molar-refractivity contribution in [2.45, 2.75) is 13.0 Å². The maximum Gasteiger partial charge on any atom is 0.148 e. The van der Waals surface area contributed by atoms with Gasteiger partial charge in [-0.25, -0.2) is 0 Å². The summed E-state index contributed by atoms with van der Waals surface area (Å²) in [6, 6.07) is 11.4. The highest BCUT2D eigenvalue weighted by Gasteiger charge is 2.01. The van der Waals surface area contributed by atoms with Gasteiger partial charge in [-0.05, 0) is 31.2 Å². The van der Waals surface area contributed by atoms with Crippen LogP contribution in [0.5, 0.6) is 0 Å². The molecule has 1 atom stereocenters. The number of benzene rings is 1. The first-order valence-electron chi connectivity index (χ1n) is 5.74. The topological polar surface area (TPSA) is 63.8 Å². The van der Waals surface area contributed by atoms with Crippen molar-refractivity contribution >= 4 is 17.4 Å². The Morgan fingerprint density at radius 2 is 1.89 bits per heavy atom. The molecule has 5 heteroatoms. The number of anilines is 1. The summed E-state index contributed by atoms with van der Waals surface area (Å²) in [5, 5.41) is 12.1. The van der Waals surface area contributed by atoms with Crippen molar-refractivity contribution in [3.8, 4) is 11.3 Å². The average Bonchev–Trinajstić information content (AvgIpc) is 2.38. The number of rotatable bonds is 4. The van der Waals surface area contributed by atoms with E-state index in [0.29, 0.717) is 11.6 Å². The molecule has 0 bridgehead atoms. The lowest BCUT2D eigenvalue weighted by molar-refractivity contribution is 0.775. The van der Waals surface area contributed by atoms with Gasteiger partial charge in [-0.15, -0.1) is 10.2 Å². The Hall–Kier alpha value is -1.65. The van der Waals surface area contributed by atoms with Gasteiger partial charge in [0.05, 0.1) is 5.69 Å². The molecule has 0 saturated carbocycles. The van der Waals surface area contributed by atoms with Crippen molar-refractivity contribution in [3.05, 3.63) is 41.4 Å². The fourth-order valence-corrected chi connectivity index (χ4v) is 1.59. The molecule has 1 aromatic carbocycles. The van der Waals surface area contributed by atoms with Crippen LogP contribution in [-0.2, 0) is 0 Å². The second kappa shape index (κ2) is 5.80. The second-order valence-electron chi connectivity index (χ2n) is 4.17. The van der Waals surface area contributed by atoms with Gasteiger partial charge >= 0.3 is 0 Å². The Morgan fingerprint density at radius 1 is 1.17 bits per heavy atom. The lowest BCUT2D eigenvalue weighted by Crippen LogP contribution is -2.25. The molecule has 0 fully saturated rings. The first kappa shape index (κ1) is 12.8. The molecular formula is C13H15ClN4. The molecular weight excluding hydrogens is 248 g/mol. The minimum Gasteiger partial charge on any atom is -0.367 e. The van der Waals surface area contributed by atoms with E-state index in [9.17, 15) is 0 Å². The van der Waals surface area contributed by atoms with Gasteiger partial charge in [-0.2, -0.15) is 0 Å². The molecule has 94 valence electrons. The van der Waals surface area contributed by atoms with Crippen LogP contribution < -0.4 is 11.1 Å². The van der Waals surface area contributed by atoms with Gasteiger partial charge in [0, 0.05) is 23.2 Å². The highest BCUT2D eigenvalue weighted by Crippen LogP contribution is 2.19. The van der Waals surface area contributed by atoms with Crippen molar-refractivity contribution < 1.29 is 0 Å². The van der Waals surface area contributed by atoms with Crippen LogP contribution in [0.25, 0.3) is 11.3 Å². The van der Waals surface area contributed by atoms with Crippen molar-refractivity contribution in [2.24, 2.45) is 5.73 Å². The van der Waals surface area contributed by atoms with E-state index in [-0.39, 0.29) is 6.04 Å². The molecule has 0 aliphatic heterocycles. The molecule has 1 heterocycles. The van der Waals surface area contributed by atoms with Crippen LogP contribution >= 0.6 is 11.6 Å². The lowest BCUT2D eigenvalue weighted by Gasteiger charge is -2.07. The van der Waals surface area contributed by atoms with Crippen LogP contribution in [0.2, 0.25) is 5.02 Å². The summed E-state index contributed by atoms with van der Waals surface area (Å²) in [6.45, 7) is 2.61. The molecule has 1 aromatic heterocycles. The average molecular weight is 263 g/mol. The van der Waals surface area contributed by atoms with E-state index in [2.05, 4.69) is 15.5 Å². The van der Waals surface area contributed by atoms with E-state index in [1.165, 1.54) is 0 Å². The number of hydrogen-bond donors (Lipinski definition) is 2. The van der Waals surface area contributed by atoms with Crippen LogP contribution in [0, 0.1) is 0 Å². The zero-order valence-corrected chi connectivity index (χ0v) is 10.9. The lowest BCUT2D eigenvalue weighted by atomic mass is 10.1. The van der Waals surface area contributed by atoms with Crippen molar-refractivity contribution in [2.75, 3.05) is 11.9 Å². The number of hydrogen-bond acceptors (Lipinski definition) is 4. The molecule has 2 aromatic rings. The standard InChI is InChI=1S/C13H15ClN4/c1-9(15)8-16-13-7-6-12(17-18-13)10-2-4-11(14)5-3-10/h2-7,9H,8,15H2,1H3,(H,16,18). The van der Waals surface area contributed by atoms with Crippen molar-refractivity contribution in [3.63, 3.8) is 0 Å². The fourth-order valence-electron chi connectivity index (χ4n) is 1.47. The van der Waals surface area contributed by atoms with E-state index in [4.69, 9.17) is 17.3 Å². The summed E-state index contributed by atoms with van der Waals surface area (Å²) in [7, 11) is 0. The van der Waals surface area contributed by atoms with E-state index in [0.717, 1.165) is 17.1 Å². The highest BCUT2D eigenvalue weighted by molar-refractivity contribution is 6.30. The third-order valence-electron chi connectivity index (χ3n) is 2.41. The van der Waals surface area contributed by atoms with E-state index in [1.54, 1.807) is 0 Å². The predicted molar refractivity (Wildman–Crippen MR) is 74.6 cm³/mol. The third-order valence-corrected chi connectivity index (χ3v) is 2.66. The van der Waals surface area contributed by atoms with Crippen LogP contribution in [0.1, 0.15) is 6.92 Å². The minimum atomic E-state index is 0.0859. The van der Waals surface area contributed by atoms with Gasteiger partial charge in [0.25, 0.3) is 0 Å². The SMILES string of the molecule is CC(N)CNc1ccc(-c2ccc(Cl)cc2)nn1. The first-order valence-corrected chi connectivity index (χ1v) is 6.12. The summed E-state index contributed by atoms with van der Waals surface area (Å²) in [4.78, 5) is 0.